The summed E-state index contributed by atoms with van der Waals surface area (Å²) in [5.74, 6) is 0.786. The number of nitrogens with one attached hydrogen (secondary N) is 1. The second kappa shape index (κ2) is 6.22. The molecule has 5 heteroatoms. The van der Waals surface area contributed by atoms with Gasteiger partial charge in [-0.25, -0.2) is 4.79 Å². The molecule has 0 bridgehead atoms. The predicted molar refractivity (Wildman–Crippen MR) is 84.8 cm³/mol. The second-order valence-electron chi connectivity index (χ2n) is 5.67. The van der Waals surface area contributed by atoms with E-state index < -0.39 is 0 Å². The van der Waals surface area contributed by atoms with Gasteiger partial charge < -0.3 is 14.7 Å². The molecule has 1 atom stereocenters. The van der Waals surface area contributed by atoms with Gasteiger partial charge in [0.1, 0.15) is 0 Å². The molecule has 0 aliphatic carbocycles. The fourth-order valence-corrected chi connectivity index (χ4v) is 2.86. The molecule has 2 heterocycles. The zero-order chi connectivity index (χ0) is 15.5. The standard InChI is InChI=1S/C17H21N3O2/c1-3-13-11-16(22-19-13)15-9-6-10-20(15)17(21)18-14-8-5-4-7-12(14)2/h4-5,7-8,11,15H,3,6,9-10H2,1-2H3,(H,18,21)/t15-/m1/s1. The van der Waals surface area contributed by atoms with E-state index in [-0.39, 0.29) is 12.1 Å². The van der Waals surface area contributed by atoms with Gasteiger partial charge in [-0.05, 0) is 37.8 Å². The normalized spacial score (nSPS) is 17.7. The first-order valence-electron chi connectivity index (χ1n) is 7.77. The van der Waals surface area contributed by atoms with Gasteiger partial charge in [0, 0.05) is 18.3 Å². The highest BCUT2D eigenvalue weighted by Crippen LogP contribution is 2.33. The summed E-state index contributed by atoms with van der Waals surface area (Å²) in [4.78, 5) is 14.4. The van der Waals surface area contributed by atoms with Crippen molar-refractivity contribution in [3.05, 3.63) is 47.3 Å². The van der Waals surface area contributed by atoms with Gasteiger partial charge in [0.05, 0.1) is 11.7 Å². The van der Waals surface area contributed by atoms with Crippen LogP contribution in [0, 0.1) is 6.92 Å². The lowest BCUT2D eigenvalue weighted by atomic mass is 10.1. The van der Waals surface area contributed by atoms with Crippen LogP contribution in [0.4, 0.5) is 10.5 Å². The molecule has 1 saturated heterocycles. The number of urea groups is 1. The third-order valence-corrected chi connectivity index (χ3v) is 4.17. The number of hydrogen-bond donors (Lipinski definition) is 1. The number of anilines is 1. The number of likely N-dealkylation sites (tertiary alicyclic amines) is 1. The van der Waals surface area contributed by atoms with Crippen LogP contribution >= 0.6 is 0 Å². The van der Waals surface area contributed by atoms with E-state index in [0.717, 1.165) is 48.5 Å². The van der Waals surface area contributed by atoms with Gasteiger partial charge in [-0.2, -0.15) is 0 Å². The Bertz CT molecular complexity index is 665. The molecule has 1 fully saturated rings. The van der Waals surface area contributed by atoms with E-state index in [1.165, 1.54) is 0 Å². The number of para-hydroxylation sites is 1. The molecule has 0 radical (unpaired) electrons. The average molecular weight is 299 g/mol. The van der Waals surface area contributed by atoms with Crippen molar-refractivity contribution in [3.8, 4) is 0 Å². The van der Waals surface area contributed by atoms with Gasteiger partial charge in [-0.1, -0.05) is 30.3 Å². The van der Waals surface area contributed by atoms with E-state index in [0.29, 0.717) is 0 Å². The zero-order valence-electron chi connectivity index (χ0n) is 13.0. The monoisotopic (exact) mass is 299 g/mol. The Morgan fingerprint density at radius 1 is 1.45 bits per heavy atom. The summed E-state index contributed by atoms with van der Waals surface area (Å²) in [6, 6.07) is 9.66. The lowest BCUT2D eigenvalue weighted by Crippen LogP contribution is -2.34. The van der Waals surface area contributed by atoms with Crippen LogP contribution in [-0.2, 0) is 6.42 Å². The van der Waals surface area contributed by atoms with Crippen LogP contribution in [-0.4, -0.2) is 22.6 Å². The summed E-state index contributed by atoms with van der Waals surface area (Å²) < 4.78 is 5.42. The van der Waals surface area contributed by atoms with Crippen LogP contribution in [0.2, 0.25) is 0 Å². The molecular weight excluding hydrogens is 278 g/mol. The number of amides is 2. The predicted octanol–water partition coefficient (Wildman–Crippen LogP) is 3.91. The van der Waals surface area contributed by atoms with E-state index in [4.69, 9.17) is 4.52 Å². The first kappa shape index (κ1) is 14.6. The molecule has 1 aliphatic rings. The number of nitrogens with zero attached hydrogens (tertiary/aromatic N) is 2. The second-order valence-corrected chi connectivity index (χ2v) is 5.67. The molecule has 0 saturated carbocycles. The Balaban J connectivity index is 1.75. The molecule has 0 unspecified atom stereocenters. The summed E-state index contributed by atoms with van der Waals surface area (Å²) in [5, 5.41) is 7.04. The van der Waals surface area contributed by atoms with E-state index in [1.807, 2.05) is 49.1 Å². The smallest absolute Gasteiger partial charge is 0.322 e. The number of carbonyl (C=O) groups is 1. The van der Waals surface area contributed by atoms with Crippen LogP contribution in [0.25, 0.3) is 0 Å². The SMILES string of the molecule is CCc1cc([C@H]2CCCN2C(=O)Nc2ccccc2C)on1. The number of aryl methyl sites for hydroxylation is 2. The summed E-state index contributed by atoms with van der Waals surface area (Å²) in [5.41, 5.74) is 2.84. The number of carbonyl (C=O) groups excluding carboxylic acids is 1. The van der Waals surface area contributed by atoms with E-state index in [1.54, 1.807) is 0 Å². The number of hydrogen-bond acceptors (Lipinski definition) is 3. The molecule has 5 nitrogen and oxygen atoms in total. The molecule has 1 N–H and O–H groups in total. The van der Waals surface area contributed by atoms with Gasteiger partial charge in [0.25, 0.3) is 0 Å². The average Bonchev–Trinajstić information content (AvgIpc) is 3.17. The van der Waals surface area contributed by atoms with Crippen molar-refractivity contribution in [3.63, 3.8) is 0 Å². The molecule has 2 amide bonds. The lowest BCUT2D eigenvalue weighted by Gasteiger charge is -2.23. The Labute approximate surface area is 130 Å². The van der Waals surface area contributed by atoms with Crippen molar-refractivity contribution in [2.45, 2.75) is 39.2 Å². The highest BCUT2D eigenvalue weighted by Gasteiger charge is 2.32. The minimum Gasteiger partial charge on any atom is -0.359 e. The Kier molecular flexibility index (Phi) is 4.13. The highest BCUT2D eigenvalue weighted by molar-refractivity contribution is 5.90. The van der Waals surface area contributed by atoms with Crippen molar-refractivity contribution in [1.29, 1.82) is 0 Å². The quantitative estimate of drug-likeness (QED) is 0.934. The van der Waals surface area contributed by atoms with E-state index in [2.05, 4.69) is 10.5 Å². The van der Waals surface area contributed by atoms with Crippen molar-refractivity contribution >= 4 is 11.7 Å². The van der Waals surface area contributed by atoms with Gasteiger partial charge in [-0.15, -0.1) is 0 Å². The van der Waals surface area contributed by atoms with E-state index in [9.17, 15) is 4.79 Å². The first-order chi connectivity index (χ1) is 10.7. The number of rotatable bonds is 3. The fraction of sp³-hybridized carbons (Fsp3) is 0.412. The number of aromatic nitrogens is 1. The van der Waals surface area contributed by atoms with Crippen LogP contribution in [0.1, 0.15) is 42.8 Å². The van der Waals surface area contributed by atoms with Gasteiger partial charge in [-0.3, -0.25) is 0 Å². The summed E-state index contributed by atoms with van der Waals surface area (Å²) in [7, 11) is 0. The molecule has 3 rings (SSSR count). The van der Waals surface area contributed by atoms with Crippen LogP contribution in [0.15, 0.2) is 34.9 Å². The van der Waals surface area contributed by atoms with E-state index >= 15 is 0 Å². The molecule has 116 valence electrons. The molecular formula is C17H21N3O2. The van der Waals surface area contributed by atoms with Crippen molar-refractivity contribution in [2.75, 3.05) is 11.9 Å². The van der Waals surface area contributed by atoms with Crippen LogP contribution in [0.3, 0.4) is 0 Å². The van der Waals surface area contributed by atoms with Gasteiger partial charge >= 0.3 is 6.03 Å². The van der Waals surface area contributed by atoms with Crippen LogP contribution in [0.5, 0.6) is 0 Å². The largest absolute Gasteiger partial charge is 0.359 e. The Morgan fingerprint density at radius 2 is 2.27 bits per heavy atom. The molecule has 0 spiro atoms. The molecule has 1 aromatic heterocycles. The molecule has 1 aromatic carbocycles. The maximum absolute atomic E-state index is 12.6. The van der Waals surface area contributed by atoms with Crippen molar-refractivity contribution < 1.29 is 9.32 Å². The van der Waals surface area contributed by atoms with Gasteiger partial charge in [0.2, 0.25) is 0 Å². The summed E-state index contributed by atoms with van der Waals surface area (Å²) >= 11 is 0. The van der Waals surface area contributed by atoms with Crippen molar-refractivity contribution in [2.24, 2.45) is 0 Å². The third-order valence-electron chi connectivity index (χ3n) is 4.17. The molecule has 2 aromatic rings. The highest BCUT2D eigenvalue weighted by atomic mass is 16.5. The maximum Gasteiger partial charge on any atom is 0.322 e. The Hall–Kier alpha value is -2.30. The van der Waals surface area contributed by atoms with Crippen molar-refractivity contribution in [1.82, 2.24) is 10.1 Å². The first-order valence-corrected chi connectivity index (χ1v) is 7.77. The minimum atomic E-state index is -0.0775. The van der Waals surface area contributed by atoms with Crippen LogP contribution < -0.4 is 5.32 Å². The summed E-state index contributed by atoms with van der Waals surface area (Å²) in [6.45, 7) is 4.77. The fourth-order valence-electron chi connectivity index (χ4n) is 2.86. The topological polar surface area (TPSA) is 58.4 Å². The maximum atomic E-state index is 12.6. The lowest BCUT2D eigenvalue weighted by molar-refractivity contribution is 0.195. The zero-order valence-corrected chi connectivity index (χ0v) is 13.0. The minimum absolute atomic E-state index is 0.0168. The molecule has 22 heavy (non-hydrogen) atoms. The van der Waals surface area contributed by atoms with Gasteiger partial charge in [0.15, 0.2) is 5.76 Å². The third kappa shape index (κ3) is 2.84. The summed E-state index contributed by atoms with van der Waals surface area (Å²) in [6.07, 6.45) is 2.74. The molecule has 1 aliphatic heterocycles. The Morgan fingerprint density at radius 3 is 3.00 bits per heavy atom. The number of benzene rings is 1.